The number of methoxy groups -OCH3 is 1. The number of rotatable bonds is 24. The quantitative estimate of drug-likeness (QED) is 0.0936. The van der Waals surface area contributed by atoms with E-state index in [0.717, 1.165) is 31.2 Å². The van der Waals surface area contributed by atoms with Crippen molar-refractivity contribution in [1.29, 1.82) is 0 Å². The van der Waals surface area contributed by atoms with Crippen molar-refractivity contribution in [2.45, 2.75) is 146 Å². The van der Waals surface area contributed by atoms with Crippen LogP contribution in [0.1, 0.15) is 102 Å². The second kappa shape index (κ2) is 22.0. The van der Waals surface area contributed by atoms with Gasteiger partial charge in [-0.3, -0.25) is 4.79 Å². The first kappa shape index (κ1) is 38.6. The van der Waals surface area contributed by atoms with E-state index in [1.54, 1.807) is 31.4 Å². The van der Waals surface area contributed by atoms with E-state index in [2.05, 4.69) is 6.92 Å². The van der Waals surface area contributed by atoms with E-state index in [4.69, 9.17) is 14.2 Å². The number of ketones is 1. The minimum atomic E-state index is -1.61. The lowest BCUT2D eigenvalue weighted by Crippen LogP contribution is -2.59. The molecule has 0 aromatic heterocycles. The maximum Gasteiger partial charge on any atom is 0.186 e. The molecule has 8 atom stereocenters. The van der Waals surface area contributed by atoms with Gasteiger partial charge < -0.3 is 44.8 Å². The van der Waals surface area contributed by atoms with Crippen LogP contribution in [-0.2, 0) is 20.7 Å². The van der Waals surface area contributed by atoms with Gasteiger partial charge in [-0.1, -0.05) is 96.1 Å². The first-order chi connectivity index (χ1) is 21.2. The van der Waals surface area contributed by atoms with Crippen LogP contribution in [0.3, 0.4) is 0 Å². The molecule has 254 valence electrons. The Labute approximate surface area is 263 Å². The third-order valence-corrected chi connectivity index (χ3v) is 8.60. The predicted molar refractivity (Wildman–Crippen MR) is 167 cm³/mol. The van der Waals surface area contributed by atoms with Crippen molar-refractivity contribution in [3.05, 3.63) is 29.8 Å². The van der Waals surface area contributed by atoms with Gasteiger partial charge in [0, 0.05) is 18.8 Å². The summed E-state index contributed by atoms with van der Waals surface area (Å²) in [5.74, 6) is -0.321. The van der Waals surface area contributed by atoms with Crippen LogP contribution in [0.4, 0.5) is 0 Å². The van der Waals surface area contributed by atoms with E-state index in [-0.39, 0.29) is 25.2 Å². The molecule has 44 heavy (non-hydrogen) atoms. The number of aliphatic hydroxyl groups is 6. The monoisotopic (exact) mass is 626 g/mol. The van der Waals surface area contributed by atoms with Gasteiger partial charge in [-0.15, -0.1) is 0 Å². The van der Waals surface area contributed by atoms with E-state index in [1.807, 2.05) is 0 Å². The summed E-state index contributed by atoms with van der Waals surface area (Å²) in [6.07, 6.45) is 5.02. The molecule has 2 rings (SSSR count). The van der Waals surface area contributed by atoms with Gasteiger partial charge in [-0.05, 0) is 24.1 Å². The molecule has 0 bridgehead atoms. The summed E-state index contributed by atoms with van der Waals surface area (Å²) in [5.41, 5.74) is 0.774. The van der Waals surface area contributed by atoms with Gasteiger partial charge in [0.2, 0.25) is 0 Å². The lowest BCUT2D eigenvalue weighted by atomic mass is 9.89. The topological polar surface area (TPSA) is 166 Å². The molecule has 1 aliphatic heterocycles. The molecule has 0 spiro atoms. The van der Waals surface area contributed by atoms with Crippen molar-refractivity contribution in [3.63, 3.8) is 0 Å². The minimum Gasteiger partial charge on any atom is -0.497 e. The Hall–Kier alpha value is -1.63. The number of hydrogen-bond donors (Lipinski definition) is 6. The Morgan fingerprint density at radius 2 is 1.41 bits per heavy atom. The van der Waals surface area contributed by atoms with E-state index in [0.29, 0.717) is 12.2 Å². The second-order valence-corrected chi connectivity index (χ2v) is 12.3. The normalized spacial score (nSPS) is 24.1. The van der Waals surface area contributed by atoms with Crippen LogP contribution in [0.5, 0.6) is 5.75 Å². The molecule has 0 amide bonds. The fourth-order valence-corrected chi connectivity index (χ4v) is 5.72. The van der Waals surface area contributed by atoms with Crippen molar-refractivity contribution < 1.29 is 49.6 Å². The Bertz CT molecular complexity index is 879. The molecule has 1 fully saturated rings. The molecule has 10 nitrogen and oxygen atoms in total. The number of benzene rings is 1. The van der Waals surface area contributed by atoms with Gasteiger partial charge in [0.05, 0.1) is 32.5 Å². The smallest absolute Gasteiger partial charge is 0.186 e. The highest BCUT2D eigenvalue weighted by atomic mass is 16.7. The van der Waals surface area contributed by atoms with E-state index >= 15 is 0 Å². The largest absolute Gasteiger partial charge is 0.497 e. The zero-order valence-corrected chi connectivity index (χ0v) is 26.8. The third-order valence-electron chi connectivity index (χ3n) is 8.60. The van der Waals surface area contributed by atoms with Crippen LogP contribution in [0, 0.1) is 5.92 Å². The summed E-state index contributed by atoms with van der Waals surface area (Å²) in [5, 5.41) is 61.9. The molecule has 10 heteroatoms. The standard InChI is InChI=1S/C34H58O10/c1-3-4-5-6-7-8-9-10-11-12-13-14-15-28(37)30(38)25(21-26(36)20-24-16-18-27(42-2)19-17-24)23-43-34-33(41)32(40)31(39)29(22-35)44-34/h16-19,25,28-35,37-41H,3-15,20-23H2,1-2H3/t25-,28+,29?,30-,31?,32?,33?,34?/m0/s1. The summed E-state index contributed by atoms with van der Waals surface area (Å²) in [4.78, 5) is 13.0. The van der Waals surface area contributed by atoms with Crippen molar-refractivity contribution in [2.24, 2.45) is 5.92 Å². The molecule has 1 saturated heterocycles. The number of carbonyl (C=O) groups excluding carboxylic acids is 1. The van der Waals surface area contributed by atoms with Gasteiger partial charge >= 0.3 is 0 Å². The zero-order valence-electron chi connectivity index (χ0n) is 26.8. The van der Waals surface area contributed by atoms with Crippen LogP contribution in [0.25, 0.3) is 0 Å². The van der Waals surface area contributed by atoms with Gasteiger partial charge in [0.15, 0.2) is 6.29 Å². The number of hydrogen-bond acceptors (Lipinski definition) is 10. The average molecular weight is 627 g/mol. The summed E-state index contributed by atoms with van der Waals surface area (Å²) < 4.78 is 16.3. The molecular formula is C34H58O10. The fourth-order valence-electron chi connectivity index (χ4n) is 5.72. The van der Waals surface area contributed by atoms with Gasteiger partial charge in [0.25, 0.3) is 0 Å². The zero-order chi connectivity index (χ0) is 32.3. The molecule has 0 aliphatic carbocycles. The maximum absolute atomic E-state index is 13.0. The Kier molecular flexibility index (Phi) is 19.3. The van der Waals surface area contributed by atoms with Crippen molar-refractivity contribution in [3.8, 4) is 5.75 Å². The second-order valence-electron chi connectivity index (χ2n) is 12.3. The molecule has 1 heterocycles. The highest BCUT2D eigenvalue weighted by molar-refractivity contribution is 5.81. The first-order valence-electron chi connectivity index (χ1n) is 16.6. The average Bonchev–Trinajstić information content (AvgIpc) is 3.03. The Morgan fingerprint density at radius 1 is 0.841 bits per heavy atom. The van der Waals surface area contributed by atoms with Crippen LogP contribution in [0.2, 0.25) is 0 Å². The van der Waals surface area contributed by atoms with Crippen molar-refractivity contribution in [1.82, 2.24) is 0 Å². The fraction of sp³-hybridized carbons (Fsp3) is 0.794. The number of ether oxygens (including phenoxy) is 3. The number of unbranched alkanes of at least 4 members (excludes halogenated alkanes) is 11. The van der Waals surface area contributed by atoms with Gasteiger partial charge in [-0.25, -0.2) is 0 Å². The van der Waals surface area contributed by atoms with Crippen LogP contribution < -0.4 is 4.74 Å². The lowest BCUT2D eigenvalue weighted by molar-refractivity contribution is -0.304. The summed E-state index contributed by atoms with van der Waals surface area (Å²) >= 11 is 0. The highest BCUT2D eigenvalue weighted by Gasteiger charge is 2.44. The van der Waals surface area contributed by atoms with E-state index in [1.165, 1.54) is 51.4 Å². The van der Waals surface area contributed by atoms with Crippen molar-refractivity contribution in [2.75, 3.05) is 20.3 Å². The summed E-state index contributed by atoms with van der Waals surface area (Å²) in [6, 6.07) is 7.09. The van der Waals surface area contributed by atoms with Crippen molar-refractivity contribution >= 4 is 5.78 Å². The minimum absolute atomic E-state index is 0.0971. The highest BCUT2D eigenvalue weighted by Crippen LogP contribution is 2.25. The molecule has 1 aromatic carbocycles. The molecule has 0 radical (unpaired) electrons. The third kappa shape index (κ3) is 13.8. The number of aliphatic hydroxyl groups excluding tert-OH is 6. The Morgan fingerprint density at radius 3 is 1.95 bits per heavy atom. The first-order valence-corrected chi connectivity index (χ1v) is 16.6. The maximum atomic E-state index is 13.0. The van der Waals surface area contributed by atoms with Gasteiger partial charge in [0.1, 0.15) is 35.9 Å². The van der Waals surface area contributed by atoms with E-state index in [9.17, 15) is 35.4 Å². The molecular weight excluding hydrogens is 568 g/mol. The predicted octanol–water partition coefficient (Wildman–Crippen LogP) is 3.44. The number of Topliss-reactive ketones (excluding diaryl/α,β-unsaturated/α-hetero) is 1. The van der Waals surface area contributed by atoms with Gasteiger partial charge in [-0.2, -0.15) is 0 Å². The van der Waals surface area contributed by atoms with E-state index < -0.39 is 55.4 Å². The molecule has 0 saturated carbocycles. The molecule has 1 aliphatic rings. The SMILES string of the molecule is CCCCCCCCCCCCCC[C@@H](O)[C@@H](O)[C@H](COC1OC(CO)C(O)C(O)C1O)CC(=O)Cc1ccc(OC)cc1. The summed E-state index contributed by atoms with van der Waals surface area (Å²) in [6.45, 7) is 1.37. The Balaban J connectivity index is 1.87. The van der Waals surface area contributed by atoms with Crippen LogP contribution in [0.15, 0.2) is 24.3 Å². The van der Waals surface area contributed by atoms with Crippen LogP contribution in [-0.4, -0.2) is 99.7 Å². The van der Waals surface area contributed by atoms with Crippen LogP contribution >= 0.6 is 0 Å². The molecule has 6 N–H and O–H groups in total. The molecule has 1 aromatic rings. The lowest BCUT2D eigenvalue weighted by Gasteiger charge is -2.40. The number of carbonyl (C=O) groups is 1. The molecule has 5 unspecified atom stereocenters. The summed E-state index contributed by atoms with van der Waals surface area (Å²) in [7, 11) is 1.56.